The highest BCUT2D eigenvalue weighted by Crippen LogP contribution is 2.28. The lowest BCUT2D eigenvalue weighted by atomic mass is 10.00. The third-order valence-electron chi connectivity index (χ3n) is 4.68. The zero-order valence-electron chi connectivity index (χ0n) is 15.9. The quantitative estimate of drug-likeness (QED) is 0.553. The summed E-state index contributed by atoms with van der Waals surface area (Å²) in [4.78, 5) is 12.5. The van der Waals surface area contributed by atoms with E-state index < -0.39 is 9.84 Å². The van der Waals surface area contributed by atoms with Crippen molar-refractivity contribution >= 4 is 15.6 Å². The average Bonchev–Trinajstić information content (AvgIpc) is 2.87. The number of aromatic nitrogens is 1. The number of nitrogens with zero attached hydrogens (tertiary/aromatic N) is 2. The van der Waals surface area contributed by atoms with Crippen molar-refractivity contribution in [2.24, 2.45) is 5.73 Å². The van der Waals surface area contributed by atoms with E-state index in [1.54, 1.807) is 12.1 Å². The molecule has 1 aromatic heterocycles. The second kappa shape index (κ2) is 8.51. The first-order valence-electron chi connectivity index (χ1n) is 8.82. The number of rotatable bonds is 8. The van der Waals surface area contributed by atoms with E-state index in [1.165, 1.54) is 6.26 Å². The maximum atomic E-state index is 12.5. The molecular weight excluding hydrogens is 362 g/mol. The maximum absolute atomic E-state index is 12.5. The molecule has 0 unspecified atom stereocenters. The van der Waals surface area contributed by atoms with Crippen LogP contribution in [0.2, 0.25) is 0 Å². The van der Waals surface area contributed by atoms with Gasteiger partial charge in [-0.2, -0.15) is 5.26 Å². The molecule has 0 aliphatic heterocycles. The van der Waals surface area contributed by atoms with Crippen LogP contribution in [0, 0.1) is 25.2 Å². The SMILES string of the molecule is Cc1c(CCCCS(C)(=O)=O)c(C(=O)CN)c(C)n1-c1ccc(C#N)cc1. The summed E-state index contributed by atoms with van der Waals surface area (Å²) in [7, 11) is -2.99. The fraction of sp³-hybridized carbons (Fsp3) is 0.400. The van der Waals surface area contributed by atoms with Crippen molar-refractivity contribution in [1.82, 2.24) is 4.57 Å². The Morgan fingerprint density at radius 2 is 1.78 bits per heavy atom. The minimum Gasteiger partial charge on any atom is -0.324 e. The number of ketones is 1. The Morgan fingerprint density at radius 3 is 2.30 bits per heavy atom. The molecule has 0 saturated heterocycles. The van der Waals surface area contributed by atoms with Crippen LogP contribution in [0.15, 0.2) is 24.3 Å². The molecule has 0 bridgehead atoms. The predicted molar refractivity (Wildman–Crippen MR) is 106 cm³/mol. The van der Waals surface area contributed by atoms with Crippen molar-refractivity contribution in [1.29, 1.82) is 5.26 Å². The van der Waals surface area contributed by atoms with E-state index in [0.29, 0.717) is 30.4 Å². The Balaban J connectivity index is 2.42. The molecule has 1 aromatic carbocycles. The second-order valence-corrected chi connectivity index (χ2v) is 8.99. The maximum Gasteiger partial charge on any atom is 0.178 e. The van der Waals surface area contributed by atoms with Crippen LogP contribution in [0.1, 0.15) is 45.7 Å². The van der Waals surface area contributed by atoms with Gasteiger partial charge in [0.25, 0.3) is 0 Å². The number of nitrogens with two attached hydrogens (primary N) is 1. The first-order chi connectivity index (χ1) is 12.7. The number of sulfone groups is 1. The molecule has 0 amide bonds. The monoisotopic (exact) mass is 387 g/mol. The molecular formula is C20H25N3O3S. The largest absolute Gasteiger partial charge is 0.324 e. The van der Waals surface area contributed by atoms with E-state index in [2.05, 4.69) is 6.07 Å². The van der Waals surface area contributed by atoms with Crippen LogP contribution in [0.3, 0.4) is 0 Å². The summed E-state index contributed by atoms with van der Waals surface area (Å²) in [5.41, 5.74) is 10.3. The summed E-state index contributed by atoms with van der Waals surface area (Å²) in [6, 6.07) is 9.28. The van der Waals surface area contributed by atoms with Crippen LogP contribution < -0.4 is 5.73 Å². The topological polar surface area (TPSA) is 106 Å². The normalized spacial score (nSPS) is 11.4. The Kier molecular flexibility index (Phi) is 6.58. The highest BCUT2D eigenvalue weighted by molar-refractivity contribution is 7.90. The van der Waals surface area contributed by atoms with E-state index >= 15 is 0 Å². The van der Waals surface area contributed by atoms with Crippen molar-refractivity contribution < 1.29 is 13.2 Å². The molecule has 0 aliphatic rings. The molecule has 27 heavy (non-hydrogen) atoms. The average molecular weight is 388 g/mol. The van der Waals surface area contributed by atoms with Crippen LogP contribution >= 0.6 is 0 Å². The van der Waals surface area contributed by atoms with E-state index in [1.807, 2.05) is 30.5 Å². The summed E-state index contributed by atoms with van der Waals surface area (Å²) in [6.07, 6.45) is 3.07. The van der Waals surface area contributed by atoms with Gasteiger partial charge in [0.1, 0.15) is 9.84 Å². The summed E-state index contributed by atoms with van der Waals surface area (Å²) in [6.45, 7) is 3.76. The lowest BCUT2D eigenvalue weighted by Gasteiger charge is -2.10. The van der Waals surface area contributed by atoms with Crippen molar-refractivity contribution in [2.45, 2.75) is 33.1 Å². The number of nitriles is 1. The highest BCUT2D eigenvalue weighted by Gasteiger charge is 2.22. The molecule has 0 fully saturated rings. The molecule has 2 aromatic rings. The molecule has 0 saturated carbocycles. The third-order valence-corrected chi connectivity index (χ3v) is 5.71. The Bertz CT molecular complexity index is 981. The van der Waals surface area contributed by atoms with Gasteiger partial charge in [0, 0.05) is 34.6 Å². The fourth-order valence-corrected chi connectivity index (χ4v) is 4.14. The van der Waals surface area contributed by atoms with Gasteiger partial charge in [-0.15, -0.1) is 0 Å². The molecule has 2 N–H and O–H groups in total. The van der Waals surface area contributed by atoms with Gasteiger partial charge in [0.2, 0.25) is 0 Å². The van der Waals surface area contributed by atoms with Gasteiger partial charge in [-0.1, -0.05) is 0 Å². The van der Waals surface area contributed by atoms with E-state index in [9.17, 15) is 13.2 Å². The van der Waals surface area contributed by atoms with Crippen LogP contribution in [0.25, 0.3) is 5.69 Å². The van der Waals surface area contributed by atoms with E-state index in [-0.39, 0.29) is 18.1 Å². The molecule has 0 spiro atoms. The first kappa shape index (κ1) is 20.9. The lowest BCUT2D eigenvalue weighted by Crippen LogP contribution is -2.16. The fourth-order valence-electron chi connectivity index (χ4n) is 3.41. The van der Waals surface area contributed by atoms with E-state index in [0.717, 1.165) is 22.6 Å². The van der Waals surface area contributed by atoms with Gasteiger partial charge < -0.3 is 10.3 Å². The summed E-state index contributed by atoms with van der Waals surface area (Å²) in [5.74, 6) is 0.0164. The minimum atomic E-state index is -2.99. The zero-order valence-corrected chi connectivity index (χ0v) is 16.8. The number of hydrogen-bond donors (Lipinski definition) is 1. The van der Waals surface area contributed by atoms with Gasteiger partial charge in [-0.05, 0) is 62.9 Å². The van der Waals surface area contributed by atoms with Crippen LogP contribution in [0.4, 0.5) is 0 Å². The molecule has 7 heteroatoms. The van der Waals surface area contributed by atoms with Crippen molar-refractivity contribution in [3.8, 4) is 11.8 Å². The van der Waals surface area contributed by atoms with Gasteiger partial charge in [-0.25, -0.2) is 8.42 Å². The molecule has 0 aliphatic carbocycles. The number of Topliss-reactive ketones (excluding diaryl/α,β-unsaturated/α-hetero) is 1. The highest BCUT2D eigenvalue weighted by atomic mass is 32.2. The minimum absolute atomic E-state index is 0.0754. The number of unbranched alkanes of at least 4 members (excludes halogenated alkanes) is 1. The van der Waals surface area contributed by atoms with Crippen LogP contribution in [-0.4, -0.2) is 37.3 Å². The van der Waals surface area contributed by atoms with Crippen molar-refractivity contribution in [3.63, 3.8) is 0 Å². The zero-order chi connectivity index (χ0) is 20.2. The molecule has 1 heterocycles. The summed E-state index contributed by atoms with van der Waals surface area (Å²) >= 11 is 0. The Morgan fingerprint density at radius 1 is 1.15 bits per heavy atom. The summed E-state index contributed by atoms with van der Waals surface area (Å²) < 4.78 is 24.7. The lowest BCUT2D eigenvalue weighted by molar-refractivity contribution is 0.1000. The second-order valence-electron chi connectivity index (χ2n) is 6.73. The molecule has 6 nitrogen and oxygen atoms in total. The Hall–Kier alpha value is -2.43. The molecule has 144 valence electrons. The van der Waals surface area contributed by atoms with Gasteiger partial charge >= 0.3 is 0 Å². The Labute approximate surface area is 160 Å². The number of carbonyl (C=O) groups excluding carboxylic acids is 1. The third kappa shape index (κ3) is 4.85. The van der Waals surface area contributed by atoms with E-state index in [4.69, 9.17) is 11.0 Å². The van der Waals surface area contributed by atoms with Crippen molar-refractivity contribution in [3.05, 3.63) is 52.3 Å². The van der Waals surface area contributed by atoms with Crippen LogP contribution in [0.5, 0.6) is 0 Å². The van der Waals surface area contributed by atoms with Gasteiger partial charge in [0.05, 0.1) is 18.2 Å². The first-order valence-corrected chi connectivity index (χ1v) is 10.9. The van der Waals surface area contributed by atoms with Gasteiger partial charge in [0.15, 0.2) is 5.78 Å². The molecule has 0 radical (unpaired) electrons. The standard InChI is InChI=1S/C20H25N3O3S/c1-14-18(6-4-5-11-27(3,25)26)20(19(24)13-22)15(2)23(14)17-9-7-16(12-21)8-10-17/h7-10H,4-6,11,13,22H2,1-3H3. The smallest absolute Gasteiger partial charge is 0.178 e. The van der Waals surface area contributed by atoms with Gasteiger partial charge in [-0.3, -0.25) is 4.79 Å². The summed E-state index contributed by atoms with van der Waals surface area (Å²) in [5, 5.41) is 8.98. The van der Waals surface area contributed by atoms with Crippen molar-refractivity contribution in [2.75, 3.05) is 18.6 Å². The molecule has 2 rings (SSSR count). The number of benzene rings is 1. The number of hydrogen-bond acceptors (Lipinski definition) is 5. The predicted octanol–water partition coefficient (Wildman–Crippen LogP) is 2.47. The number of carbonyl (C=O) groups is 1. The molecule has 0 atom stereocenters. The van der Waals surface area contributed by atoms with Crippen LogP contribution in [-0.2, 0) is 16.3 Å².